The molecule has 17 heavy (non-hydrogen) atoms. The van der Waals surface area contributed by atoms with Gasteiger partial charge in [0.05, 0.1) is 12.0 Å². The second-order valence-electron chi connectivity index (χ2n) is 3.67. The number of allylic oxidation sites excluding steroid dienone is 1. The van der Waals surface area contributed by atoms with E-state index in [1.54, 1.807) is 12.3 Å². The molecule has 3 nitrogen and oxygen atoms in total. The second kappa shape index (κ2) is 5.16. The normalized spacial score (nSPS) is 11.4. The summed E-state index contributed by atoms with van der Waals surface area (Å²) in [4.78, 5) is 0. The lowest BCUT2D eigenvalue weighted by molar-refractivity contribution is 0.318. The van der Waals surface area contributed by atoms with Gasteiger partial charge in [0, 0.05) is 6.42 Å². The minimum absolute atomic E-state index is 0.452. The Bertz CT molecular complexity index is 512. The summed E-state index contributed by atoms with van der Waals surface area (Å²) in [5, 5.41) is 12.4. The molecule has 1 heterocycles. The largest absolute Gasteiger partial charge is 0.465 e. The van der Waals surface area contributed by atoms with E-state index >= 15 is 0 Å². The van der Waals surface area contributed by atoms with Crippen LogP contribution in [-0.2, 0) is 0 Å². The molecule has 1 aromatic heterocycles. The zero-order chi connectivity index (χ0) is 12.1. The third-order valence-corrected chi connectivity index (χ3v) is 2.48. The van der Waals surface area contributed by atoms with Gasteiger partial charge in [-0.2, -0.15) is 0 Å². The standard InChI is InChI=1S/C14H13NO2/c1-11(14-8-5-9-17-14)10-13(15-16)12-6-3-2-4-7-12/h2-9,16H,1,10H2/b15-13-. The molecule has 0 unspecified atom stereocenters. The van der Waals surface area contributed by atoms with Gasteiger partial charge >= 0.3 is 0 Å². The fourth-order valence-corrected chi connectivity index (χ4v) is 1.59. The summed E-state index contributed by atoms with van der Waals surface area (Å²) in [6.45, 7) is 3.92. The summed E-state index contributed by atoms with van der Waals surface area (Å²) in [7, 11) is 0. The quantitative estimate of drug-likeness (QED) is 0.493. The molecule has 0 atom stereocenters. The first-order valence-electron chi connectivity index (χ1n) is 5.29. The minimum atomic E-state index is 0.452. The maximum atomic E-state index is 9.04. The number of rotatable bonds is 4. The summed E-state index contributed by atoms with van der Waals surface area (Å²) in [6, 6.07) is 13.1. The van der Waals surface area contributed by atoms with Crippen LogP contribution < -0.4 is 0 Å². The summed E-state index contributed by atoms with van der Waals surface area (Å²) in [5.74, 6) is 0.710. The summed E-state index contributed by atoms with van der Waals surface area (Å²) < 4.78 is 5.24. The van der Waals surface area contributed by atoms with Crippen LogP contribution in [-0.4, -0.2) is 10.9 Å². The molecule has 0 fully saturated rings. The van der Waals surface area contributed by atoms with Crippen LogP contribution in [0.4, 0.5) is 0 Å². The highest BCUT2D eigenvalue weighted by molar-refractivity contribution is 6.05. The van der Waals surface area contributed by atoms with Crippen LogP contribution in [0.1, 0.15) is 17.7 Å². The van der Waals surface area contributed by atoms with E-state index < -0.39 is 0 Å². The highest BCUT2D eigenvalue weighted by atomic mass is 16.4. The zero-order valence-electron chi connectivity index (χ0n) is 9.34. The molecule has 0 bridgehead atoms. The molecule has 0 radical (unpaired) electrons. The van der Waals surface area contributed by atoms with Crippen LogP contribution in [0, 0.1) is 0 Å². The first-order chi connectivity index (χ1) is 8.31. The zero-order valence-corrected chi connectivity index (χ0v) is 9.34. The maximum Gasteiger partial charge on any atom is 0.129 e. The topological polar surface area (TPSA) is 45.7 Å². The van der Waals surface area contributed by atoms with Crippen molar-refractivity contribution in [2.75, 3.05) is 0 Å². The predicted molar refractivity (Wildman–Crippen MR) is 67.1 cm³/mol. The van der Waals surface area contributed by atoms with Crippen molar-refractivity contribution >= 4 is 11.3 Å². The van der Waals surface area contributed by atoms with Gasteiger partial charge < -0.3 is 9.62 Å². The number of hydrogen-bond donors (Lipinski definition) is 1. The lowest BCUT2D eigenvalue weighted by Gasteiger charge is -2.05. The van der Waals surface area contributed by atoms with E-state index in [4.69, 9.17) is 9.62 Å². The van der Waals surface area contributed by atoms with Crippen molar-refractivity contribution in [1.29, 1.82) is 0 Å². The van der Waals surface area contributed by atoms with Gasteiger partial charge in [-0.1, -0.05) is 42.1 Å². The predicted octanol–water partition coefficient (Wildman–Crippen LogP) is 3.56. The van der Waals surface area contributed by atoms with Crippen molar-refractivity contribution in [3.05, 3.63) is 66.6 Å². The third kappa shape index (κ3) is 2.64. The molecule has 2 rings (SSSR count). The highest BCUT2D eigenvalue weighted by Gasteiger charge is 2.09. The third-order valence-electron chi connectivity index (χ3n) is 2.48. The summed E-state index contributed by atoms with van der Waals surface area (Å²) in [5.41, 5.74) is 2.24. The summed E-state index contributed by atoms with van der Waals surface area (Å²) in [6.07, 6.45) is 2.05. The van der Waals surface area contributed by atoms with Crippen LogP contribution in [0.15, 0.2) is 64.9 Å². The van der Waals surface area contributed by atoms with E-state index in [0.29, 0.717) is 17.9 Å². The Labute approximate surface area is 99.7 Å². The van der Waals surface area contributed by atoms with Crippen LogP contribution in [0.5, 0.6) is 0 Å². The lowest BCUT2D eigenvalue weighted by atomic mass is 10.0. The molecular weight excluding hydrogens is 214 g/mol. The fourth-order valence-electron chi connectivity index (χ4n) is 1.59. The van der Waals surface area contributed by atoms with Crippen LogP contribution in [0.3, 0.4) is 0 Å². The Hall–Kier alpha value is -2.29. The van der Waals surface area contributed by atoms with Crippen molar-refractivity contribution in [3.8, 4) is 0 Å². The van der Waals surface area contributed by atoms with Crippen molar-refractivity contribution in [1.82, 2.24) is 0 Å². The molecule has 86 valence electrons. The molecule has 0 amide bonds. The minimum Gasteiger partial charge on any atom is -0.465 e. The average Bonchev–Trinajstić information content (AvgIpc) is 2.90. The Morgan fingerprint density at radius 2 is 1.94 bits per heavy atom. The number of nitrogens with zero attached hydrogens (tertiary/aromatic N) is 1. The van der Waals surface area contributed by atoms with Crippen LogP contribution in [0.2, 0.25) is 0 Å². The molecule has 0 saturated carbocycles. The van der Waals surface area contributed by atoms with Gasteiger partial charge in [0.2, 0.25) is 0 Å². The highest BCUT2D eigenvalue weighted by Crippen LogP contribution is 2.19. The van der Waals surface area contributed by atoms with Crippen molar-refractivity contribution < 1.29 is 9.62 Å². The van der Waals surface area contributed by atoms with Gasteiger partial charge in [-0.15, -0.1) is 0 Å². The fraction of sp³-hybridized carbons (Fsp3) is 0.0714. The van der Waals surface area contributed by atoms with Crippen molar-refractivity contribution in [3.63, 3.8) is 0 Å². The maximum absolute atomic E-state index is 9.04. The molecule has 0 aliphatic carbocycles. The first-order valence-corrected chi connectivity index (χ1v) is 5.29. The van der Waals surface area contributed by atoms with Gasteiger partial charge in [-0.05, 0) is 23.3 Å². The van der Waals surface area contributed by atoms with Gasteiger partial charge in [-0.3, -0.25) is 0 Å². The number of benzene rings is 1. The molecule has 0 aliphatic heterocycles. The van der Waals surface area contributed by atoms with Gasteiger partial charge in [0.15, 0.2) is 0 Å². The number of hydrogen-bond acceptors (Lipinski definition) is 3. The average molecular weight is 227 g/mol. The Kier molecular flexibility index (Phi) is 3.40. The van der Waals surface area contributed by atoms with Crippen molar-refractivity contribution in [2.24, 2.45) is 5.16 Å². The Morgan fingerprint density at radius 1 is 1.18 bits per heavy atom. The van der Waals surface area contributed by atoms with Crippen molar-refractivity contribution in [2.45, 2.75) is 6.42 Å². The van der Waals surface area contributed by atoms with E-state index in [0.717, 1.165) is 11.1 Å². The second-order valence-corrected chi connectivity index (χ2v) is 3.67. The Balaban J connectivity index is 2.15. The monoisotopic (exact) mass is 227 g/mol. The van der Waals surface area contributed by atoms with Gasteiger partial charge in [0.25, 0.3) is 0 Å². The molecule has 2 aromatic rings. The molecular formula is C14H13NO2. The molecule has 0 aliphatic rings. The first kappa shape index (κ1) is 11.2. The molecule has 0 saturated heterocycles. The van der Waals surface area contributed by atoms with Crippen LogP contribution >= 0.6 is 0 Å². The van der Waals surface area contributed by atoms with E-state index in [9.17, 15) is 0 Å². The number of furan rings is 1. The van der Waals surface area contributed by atoms with E-state index in [1.807, 2.05) is 36.4 Å². The number of oxime groups is 1. The molecule has 3 heteroatoms. The Morgan fingerprint density at radius 3 is 2.53 bits per heavy atom. The van der Waals surface area contributed by atoms with E-state index in [1.165, 1.54) is 0 Å². The smallest absolute Gasteiger partial charge is 0.129 e. The molecule has 0 spiro atoms. The van der Waals surface area contributed by atoms with Crippen LogP contribution in [0.25, 0.3) is 5.57 Å². The van der Waals surface area contributed by atoms with Gasteiger partial charge in [0.1, 0.15) is 5.76 Å². The molecule has 1 aromatic carbocycles. The van der Waals surface area contributed by atoms with Gasteiger partial charge in [-0.25, -0.2) is 0 Å². The van der Waals surface area contributed by atoms with E-state index in [-0.39, 0.29) is 0 Å². The molecule has 1 N–H and O–H groups in total. The van der Waals surface area contributed by atoms with E-state index in [2.05, 4.69) is 11.7 Å². The SMILES string of the molecule is C=C(C/C(=N/O)c1ccccc1)c1ccco1. The lowest BCUT2D eigenvalue weighted by Crippen LogP contribution is -2.01. The summed E-state index contributed by atoms with van der Waals surface area (Å²) >= 11 is 0.